The van der Waals surface area contributed by atoms with Gasteiger partial charge in [0.1, 0.15) is 21.4 Å². The first-order chi connectivity index (χ1) is 40.2. The molecule has 1 N–H and O–H groups in total. The Kier molecular flexibility index (Phi) is 59.1. The molecule has 0 heterocycles. The molecule has 0 rings (SSSR count). The number of hydrogen-bond acceptors (Lipinski definition) is 10. The van der Waals surface area contributed by atoms with Crippen molar-refractivity contribution in [2.75, 3.05) is 6.61 Å². The third-order valence-electron chi connectivity index (χ3n) is 17.4. The highest BCUT2D eigenvalue weighted by Crippen LogP contribution is 2.41. The molecule has 0 aliphatic carbocycles. The number of unbranched alkanes of at least 4 members (excludes halogenated alkanes) is 42. The lowest BCUT2D eigenvalue weighted by Crippen LogP contribution is -2.41. The molecule has 492 valence electrons. The second-order valence-corrected chi connectivity index (χ2v) is 30.5. The van der Waals surface area contributed by atoms with Gasteiger partial charge in [-0.05, 0) is 79.1 Å². The van der Waals surface area contributed by atoms with Crippen molar-refractivity contribution < 1.29 is 38.9 Å². The predicted molar refractivity (Wildman–Crippen MR) is 363 cm³/mol. The zero-order valence-electron chi connectivity index (χ0n) is 56.0. The standard InChI is InChI=1S/C72H138O8S3/c1-9-13-17-21-25-27-29-31-33-35-37-39-41-45-49-53-58-72(80-71(78)65(8)82-63(6)69(75)76,59-54-50-46-42-40-38-36-34-32-30-28-26-22-18-14-10-2)61-67(56-52-48-44-24-20-16-12-4)83-66(55-51-47-43-23-19-15-11-3)57-60-79-70(77)64(7)81-62(5)68(73)74/h62-67H,9-61H2,1-8H3,(H,73,74)(H,75,76)/p-1. The van der Waals surface area contributed by atoms with Gasteiger partial charge in [0.05, 0.1) is 12.6 Å². The fourth-order valence-electron chi connectivity index (χ4n) is 11.8. The molecule has 0 aromatic heterocycles. The van der Waals surface area contributed by atoms with E-state index in [9.17, 15) is 29.4 Å². The van der Waals surface area contributed by atoms with Gasteiger partial charge in [-0.3, -0.25) is 14.4 Å². The number of esters is 2. The molecule has 8 nitrogen and oxygen atoms in total. The van der Waals surface area contributed by atoms with Gasteiger partial charge in [-0.1, -0.05) is 310 Å². The number of carbonyl (C=O) groups is 4. The Morgan fingerprint density at radius 3 is 0.976 bits per heavy atom. The lowest BCUT2D eigenvalue weighted by molar-refractivity contribution is -0.304. The van der Waals surface area contributed by atoms with Crippen LogP contribution in [-0.2, 0) is 28.7 Å². The number of carboxylic acid groups (broad SMARTS) is 2. The second kappa shape index (κ2) is 59.9. The van der Waals surface area contributed by atoms with Crippen LogP contribution in [0.1, 0.15) is 389 Å². The Morgan fingerprint density at radius 1 is 0.361 bits per heavy atom. The Morgan fingerprint density at radius 2 is 0.651 bits per heavy atom. The largest absolute Gasteiger partial charge is 0.549 e. The van der Waals surface area contributed by atoms with Crippen LogP contribution in [0.3, 0.4) is 0 Å². The molecule has 11 heteroatoms. The minimum atomic E-state index is -1.18. The smallest absolute Gasteiger partial charge is 0.319 e. The number of carboxylic acids is 2. The quantitative estimate of drug-likeness (QED) is 0.0461. The van der Waals surface area contributed by atoms with E-state index in [1.807, 2.05) is 6.92 Å². The van der Waals surface area contributed by atoms with Crippen LogP contribution < -0.4 is 5.11 Å². The maximum atomic E-state index is 14.6. The van der Waals surface area contributed by atoms with Gasteiger partial charge in [0, 0.05) is 15.7 Å². The van der Waals surface area contributed by atoms with E-state index in [0.29, 0.717) is 0 Å². The summed E-state index contributed by atoms with van der Waals surface area (Å²) in [4.78, 5) is 51.4. The molecule has 6 unspecified atom stereocenters. The van der Waals surface area contributed by atoms with Crippen LogP contribution in [0.25, 0.3) is 0 Å². The molecule has 0 radical (unpaired) electrons. The lowest BCUT2D eigenvalue weighted by Gasteiger charge is -2.38. The summed E-state index contributed by atoms with van der Waals surface area (Å²) in [5.41, 5.74) is -0.651. The van der Waals surface area contributed by atoms with Crippen molar-refractivity contribution in [3.63, 3.8) is 0 Å². The highest BCUT2D eigenvalue weighted by atomic mass is 32.2. The number of thioether (sulfide) groups is 3. The van der Waals surface area contributed by atoms with Gasteiger partial charge in [0.15, 0.2) is 0 Å². The normalized spacial score (nSPS) is 14.1. The van der Waals surface area contributed by atoms with Gasteiger partial charge in [-0.25, -0.2) is 0 Å². The summed E-state index contributed by atoms with van der Waals surface area (Å²) < 4.78 is 13.0. The van der Waals surface area contributed by atoms with Crippen molar-refractivity contribution in [3.05, 3.63) is 0 Å². The van der Waals surface area contributed by atoms with Crippen LogP contribution >= 0.6 is 35.3 Å². The average molecular weight is 1230 g/mol. The summed E-state index contributed by atoms with van der Waals surface area (Å²) in [5.74, 6) is -2.74. The molecular weight excluding hydrogens is 1090 g/mol. The van der Waals surface area contributed by atoms with Gasteiger partial charge < -0.3 is 24.5 Å². The zero-order chi connectivity index (χ0) is 61.3. The monoisotopic (exact) mass is 1230 g/mol. The van der Waals surface area contributed by atoms with Crippen molar-refractivity contribution in [2.24, 2.45) is 0 Å². The molecule has 0 fully saturated rings. The number of carbonyl (C=O) groups excluding carboxylic acids is 3. The highest BCUT2D eigenvalue weighted by Gasteiger charge is 2.39. The highest BCUT2D eigenvalue weighted by molar-refractivity contribution is 8.02. The number of ether oxygens (including phenoxy) is 2. The summed E-state index contributed by atoms with van der Waals surface area (Å²) >= 11 is 4.32. The van der Waals surface area contributed by atoms with E-state index in [4.69, 9.17) is 9.47 Å². The molecular formula is C72H137O8S3-. The SMILES string of the molecule is CCCCCCCCCCCCCCCCCCC(CCCCCCCCCCCCCCCCCC)(CC(CCCCCCCCC)SC(CCCCCCCCC)CCOC(=O)C(C)SC(C)C(=O)[O-])OC(=O)C(C)SC(C)C(=O)O. The second-order valence-electron chi connectivity index (χ2n) is 25.6. The molecule has 0 aliphatic heterocycles. The Balaban J connectivity index is 6.63. The molecule has 0 aromatic rings. The van der Waals surface area contributed by atoms with Crippen molar-refractivity contribution >= 4 is 59.2 Å². The maximum absolute atomic E-state index is 14.6. The van der Waals surface area contributed by atoms with Gasteiger partial charge in [0.2, 0.25) is 0 Å². The number of rotatable bonds is 66. The number of hydrogen-bond donors (Lipinski definition) is 1. The summed E-state index contributed by atoms with van der Waals surface area (Å²) in [5, 5.41) is 19.2. The van der Waals surface area contributed by atoms with Crippen LogP contribution in [0.2, 0.25) is 0 Å². The summed E-state index contributed by atoms with van der Waals surface area (Å²) in [6, 6.07) is 0. The van der Waals surface area contributed by atoms with Crippen LogP contribution in [0.4, 0.5) is 0 Å². The Labute approximate surface area is 527 Å². The van der Waals surface area contributed by atoms with E-state index in [1.165, 1.54) is 269 Å². The van der Waals surface area contributed by atoms with E-state index in [2.05, 4.69) is 39.5 Å². The van der Waals surface area contributed by atoms with Gasteiger partial charge in [0.25, 0.3) is 0 Å². The summed E-state index contributed by atoms with van der Waals surface area (Å²) in [7, 11) is 0. The molecule has 83 heavy (non-hydrogen) atoms. The zero-order valence-corrected chi connectivity index (χ0v) is 58.4. The van der Waals surface area contributed by atoms with Crippen LogP contribution in [0.15, 0.2) is 0 Å². The Bertz CT molecular complexity index is 1430. The van der Waals surface area contributed by atoms with Gasteiger partial charge in [-0.2, -0.15) is 11.8 Å². The molecule has 6 atom stereocenters. The van der Waals surface area contributed by atoms with Crippen molar-refractivity contribution in [1.82, 2.24) is 0 Å². The molecule has 0 amide bonds. The van der Waals surface area contributed by atoms with E-state index in [0.717, 1.165) is 88.8 Å². The molecule has 0 spiro atoms. The van der Waals surface area contributed by atoms with Crippen LogP contribution in [0.5, 0.6) is 0 Å². The first-order valence-electron chi connectivity index (χ1n) is 36.0. The Hall–Kier alpha value is -1.07. The fraction of sp³-hybridized carbons (Fsp3) is 0.944. The average Bonchev–Trinajstić information content (AvgIpc) is 3.50. The van der Waals surface area contributed by atoms with E-state index in [-0.39, 0.29) is 29.0 Å². The molecule has 0 aliphatic rings. The molecule has 0 bridgehead atoms. The van der Waals surface area contributed by atoms with Crippen LogP contribution in [0, 0.1) is 0 Å². The topological polar surface area (TPSA) is 130 Å². The first-order valence-corrected chi connectivity index (χ1v) is 38.9. The third kappa shape index (κ3) is 51.5. The third-order valence-corrected chi connectivity index (χ3v) is 21.4. The van der Waals surface area contributed by atoms with Crippen molar-refractivity contribution in [3.8, 4) is 0 Å². The fourth-order valence-corrected chi connectivity index (χ4v) is 15.4. The van der Waals surface area contributed by atoms with Gasteiger partial charge in [-0.15, -0.1) is 23.5 Å². The first kappa shape index (κ1) is 81.9. The summed E-state index contributed by atoms with van der Waals surface area (Å²) in [6.07, 6.45) is 64.3. The van der Waals surface area contributed by atoms with E-state index >= 15 is 0 Å². The molecule has 0 saturated heterocycles. The van der Waals surface area contributed by atoms with Gasteiger partial charge >= 0.3 is 17.9 Å². The molecule has 0 aromatic carbocycles. The van der Waals surface area contributed by atoms with Crippen molar-refractivity contribution in [2.45, 2.75) is 426 Å². The van der Waals surface area contributed by atoms with E-state index in [1.54, 1.807) is 20.8 Å². The number of aliphatic carboxylic acids is 2. The van der Waals surface area contributed by atoms with E-state index < -0.39 is 38.5 Å². The predicted octanol–water partition coefficient (Wildman–Crippen LogP) is 22.5. The minimum absolute atomic E-state index is 0.241. The minimum Gasteiger partial charge on any atom is -0.549 e. The summed E-state index contributed by atoms with van der Waals surface area (Å²) in [6.45, 7) is 16.2. The van der Waals surface area contributed by atoms with Crippen LogP contribution in [-0.4, -0.2) is 72.7 Å². The maximum Gasteiger partial charge on any atom is 0.319 e. The lowest BCUT2D eigenvalue weighted by atomic mass is 9.84. The van der Waals surface area contributed by atoms with Crippen molar-refractivity contribution in [1.29, 1.82) is 0 Å². The molecule has 0 saturated carbocycles.